The summed E-state index contributed by atoms with van der Waals surface area (Å²) < 4.78 is 31.7. The van der Waals surface area contributed by atoms with E-state index >= 15 is 0 Å². The fraction of sp³-hybridized carbons (Fsp3) is 0.500. The Bertz CT molecular complexity index is 566. The monoisotopic (exact) mass is 315 g/mol. The number of rotatable bonds is 8. The van der Waals surface area contributed by atoms with E-state index in [1.54, 1.807) is 12.1 Å². The highest BCUT2D eigenvalue weighted by molar-refractivity contribution is 7.89. The molecule has 0 saturated carbocycles. The van der Waals surface area contributed by atoms with Crippen molar-refractivity contribution in [1.29, 1.82) is 0 Å². The molecule has 1 aromatic rings. The molecule has 118 valence electrons. The van der Waals surface area contributed by atoms with Crippen molar-refractivity contribution in [2.45, 2.75) is 25.7 Å². The zero-order valence-corrected chi connectivity index (χ0v) is 13.2. The summed E-state index contributed by atoms with van der Waals surface area (Å²) in [5.74, 6) is -0.849. The Morgan fingerprint density at radius 2 is 1.81 bits per heavy atom. The summed E-state index contributed by atoms with van der Waals surface area (Å²) in [6.07, 6.45) is 0. The Hall–Kier alpha value is -1.60. The number of hydrogen-bond donors (Lipinski definition) is 2. The van der Waals surface area contributed by atoms with E-state index in [9.17, 15) is 13.2 Å². The maximum absolute atomic E-state index is 12.0. The molecule has 7 heteroatoms. The molecule has 0 bridgehead atoms. The third-order valence-electron chi connectivity index (χ3n) is 2.72. The standard InChI is InChI=1S/C14H21NO5S/c1-10(2)9-20-12-4-6-13(7-5-12)21(18,19)15-8-11(3)14(16)17/h4-7,10-11,15H,8-9H2,1-3H3,(H,16,17). The van der Waals surface area contributed by atoms with Gasteiger partial charge in [-0.25, -0.2) is 13.1 Å². The molecule has 0 fully saturated rings. The van der Waals surface area contributed by atoms with Gasteiger partial charge >= 0.3 is 5.97 Å². The first-order chi connectivity index (χ1) is 9.72. The lowest BCUT2D eigenvalue weighted by molar-refractivity contribution is -0.140. The number of aliphatic carboxylic acids is 1. The van der Waals surface area contributed by atoms with Crippen LogP contribution in [0.2, 0.25) is 0 Å². The molecule has 2 N–H and O–H groups in total. The Kier molecular flexibility index (Phi) is 6.17. The zero-order chi connectivity index (χ0) is 16.0. The predicted octanol–water partition coefficient (Wildman–Crippen LogP) is 1.72. The summed E-state index contributed by atoms with van der Waals surface area (Å²) in [6.45, 7) is 5.89. The minimum atomic E-state index is -3.71. The van der Waals surface area contributed by atoms with Crippen LogP contribution < -0.4 is 9.46 Å². The summed E-state index contributed by atoms with van der Waals surface area (Å²) in [4.78, 5) is 10.8. The van der Waals surface area contributed by atoms with Gasteiger partial charge in [-0.1, -0.05) is 20.8 Å². The van der Waals surface area contributed by atoms with Crippen molar-refractivity contribution in [2.75, 3.05) is 13.2 Å². The van der Waals surface area contributed by atoms with E-state index in [1.807, 2.05) is 13.8 Å². The van der Waals surface area contributed by atoms with E-state index in [0.29, 0.717) is 18.3 Å². The van der Waals surface area contributed by atoms with Crippen LogP contribution in [0.5, 0.6) is 5.75 Å². The van der Waals surface area contributed by atoms with Crippen molar-refractivity contribution in [3.63, 3.8) is 0 Å². The molecule has 0 aliphatic carbocycles. The molecule has 0 heterocycles. The number of carboxylic acid groups (broad SMARTS) is 1. The highest BCUT2D eigenvalue weighted by Crippen LogP contribution is 2.16. The molecule has 0 saturated heterocycles. The maximum Gasteiger partial charge on any atom is 0.307 e. The highest BCUT2D eigenvalue weighted by atomic mass is 32.2. The van der Waals surface area contributed by atoms with Gasteiger partial charge < -0.3 is 9.84 Å². The van der Waals surface area contributed by atoms with Crippen LogP contribution in [0, 0.1) is 11.8 Å². The van der Waals surface area contributed by atoms with Gasteiger partial charge in [0.2, 0.25) is 10.0 Å². The molecule has 0 aliphatic rings. The van der Waals surface area contributed by atoms with Crippen LogP contribution in [0.4, 0.5) is 0 Å². The highest BCUT2D eigenvalue weighted by Gasteiger charge is 2.18. The third-order valence-corrected chi connectivity index (χ3v) is 4.16. The van der Waals surface area contributed by atoms with Gasteiger partial charge in [-0.2, -0.15) is 0 Å². The molecule has 0 amide bonds. The Balaban J connectivity index is 2.69. The largest absolute Gasteiger partial charge is 0.493 e. The Morgan fingerprint density at radius 1 is 1.24 bits per heavy atom. The smallest absolute Gasteiger partial charge is 0.307 e. The van der Waals surface area contributed by atoms with Crippen LogP contribution in [-0.4, -0.2) is 32.6 Å². The third kappa shape index (κ3) is 5.73. The number of nitrogens with one attached hydrogen (secondary N) is 1. The van der Waals surface area contributed by atoms with Crippen LogP contribution in [0.3, 0.4) is 0 Å². The topological polar surface area (TPSA) is 92.7 Å². The summed E-state index contributed by atoms with van der Waals surface area (Å²) >= 11 is 0. The molecule has 21 heavy (non-hydrogen) atoms. The molecule has 1 aromatic carbocycles. The van der Waals surface area contributed by atoms with Gasteiger partial charge in [0.15, 0.2) is 0 Å². The average molecular weight is 315 g/mol. The molecule has 0 spiro atoms. The van der Waals surface area contributed by atoms with Gasteiger partial charge in [-0.3, -0.25) is 4.79 Å². The molecule has 6 nitrogen and oxygen atoms in total. The van der Waals surface area contributed by atoms with Gasteiger partial charge in [-0.15, -0.1) is 0 Å². The van der Waals surface area contributed by atoms with Crippen LogP contribution in [0.25, 0.3) is 0 Å². The maximum atomic E-state index is 12.0. The van der Waals surface area contributed by atoms with Crippen molar-refractivity contribution in [3.05, 3.63) is 24.3 Å². The van der Waals surface area contributed by atoms with Crippen LogP contribution in [0.15, 0.2) is 29.2 Å². The molecule has 1 unspecified atom stereocenters. The van der Waals surface area contributed by atoms with Crippen LogP contribution in [-0.2, 0) is 14.8 Å². The quantitative estimate of drug-likeness (QED) is 0.762. The summed E-state index contributed by atoms with van der Waals surface area (Å²) in [5.41, 5.74) is 0. The SMILES string of the molecule is CC(C)COc1ccc(S(=O)(=O)NCC(C)C(=O)O)cc1. The number of ether oxygens (including phenoxy) is 1. The normalized spacial score (nSPS) is 13.1. The lowest BCUT2D eigenvalue weighted by Gasteiger charge is -2.11. The Morgan fingerprint density at radius 3 is 2.29 bits per heavy atom. The van der Waals surface area contributed by atoms with Gasteiger partial charge in [0.25, 0.3) is 0 Å². The van der Waals surface area contributed by atoms with Crippen molar-refractivity contribution < 1.29 is 23.1 Å². The summed E-state index contributed by atoms with van der Waals surface area (Å²) in [6, 6.07) is 6.03. The van der Waals surface area contributed by atoms with E-state index in [-0.39, 0.29) is 11.4 Å². The molecule has 1 rings (SSSR count). The number of benzene rings is 1. The van der Waals surface area contributed by atoms with Gasteiger partial charge in [0, 0.05) is 6.54 Å². The zero-order valence-electron chi connectivity index (χ0n) is 12.4. The minimum absolute atomic E-state index is 0.0805. The second kappa shape index (κ2) is 7.42. The van der Waals surface area contributed by atoms with Gasteiger partial charge in [-0.05, 0) is 30.2 Å². The van der Waals surface area contributed by atoms with E-state index in [1.165, 1.54) is 19.1 Å². The van der Waals surface area contributed by atoms with Crippen molar-refractivity contribution in [3.8, 4) is 5.75 Å². The van der Waals surface area contributed by atoms with Crippen molar-refractivity contribution in [1.82, 2.24) is 4.72 Å². The molecule has 0 aliphatic heterocycles. The second-order valence-electron chi connectivity index (χ2n) is 5.27. The number of hydrogen-bond acceptors (Lipinski definition) is 4. The van der Waals surface area contributed by atoms with Gasteiger partial charge in [0.1, 0.15) is 5.75 Å². The first kappa shape index (κ1) is 17.5. The van der Waals surface area contributed by atoms with Crippen LogP contribution in [0.1, 0.15) is 20.8 Å². The molecule has 1 atom stereocenters. The number of carbonyl (C=O) groups is 1. The summed E-state index contributed by atoms with van der Waals surface area (Å²) in [5, 5.41) is 8.74. The lowest BCUT2D eigenvalue weighted by atomic mass is 10.2. The fourth-order valence-corrected chi connectivity index (χ4v) is 2.51. The minimum Gasteiger partial charge on any atom is -0.493 e. The first-order valence-corrected chi connectivity index (χ1v) is 8.16. The Labute approximate surface area is 125 Å². The predicted molar refractivity (Wildman–Crippen MR) is 78.8 cm³/mol. The van der Waals surface area contributed by atoms with Gasteiger partial charge in [0.05, 0.1) is 17.4 Å². The van der Waals surface area contributed by atoms with E-state index in [4.69, 9.17) is 9.84 Å². The fourth-order valence-electron chi connectivity index (χ4n) is 1.38. The molecular weight excluding hydrogens is 294 g/mol. The molecule has 0 radical (unpaired) electrons. The van der Waals surface area contributed by atoms with E-state index in [2.05, 4.69) is 4.72 Å². The van der Waals surface area contributed by atoms with E-state index < -0.39 is 21.9 Å². The van der Waals surface area contributed by atoms with Crippen molar-refractivity contribution in [2.24, 2.45) is 11.8 Å². The summed E-state index contributed by atoms with van der Waals surface area (Å²) in [7, 11) is -3.71. The van der Waals surface area contributed by atoms with Crippen molar-refractivity contribution >= 4 is 16.0 Å². The molecular formula is C14H21NO5S. The van der Waals surface area contributed by atoms with E-state index in [0.717, 1.165) is 0 Å². The second-order valence-corrected chi connectivity index (χ2v) is 7.03. The first-order valence-electron chi connectivity index (χ1n) is 6.67. The average Bonchev–Trinajstić information content (AvgIpc) is 2.43. The number of sulfonamides is 1. The molecule has 0 aromatic heterocycles. The number of carboxylic acids is 1. The van der Waals surface area contributed by atoms with Crippen LogP contribution >= 0.6 is 0 Å². The lowest BCUT2D eigenvalue weighted by Crippen LogP contribution is -2.31.